The van der Waals surface area contributed by atoms with Crippen LogP contribution in [0.25, 0.3) is 0 Å². The maximum absolute atomic E-state index is 5.69. The number of ether oxygens (including phenoxy) is 1. The molecular weight excluding hydrogens is 174 g/mol. The molecule has 1 aromatic carbocycles. The first-order valence-corrected chi connectivity index (χ1v) is 5.11. The molecule has 0 heterocycles. The molecule has 78 valence electrons. The van der Waals surface area contributed by atoms with Crippen LogP contribution in [0.5, 0.6) is 0 Å². The largest absolute Gasteiger partial charge is 0.372 e. The van der Waals surface area contributed by atoms with Crippen molar-refractivity contribution in [2.24, 2.45) is 0 Å². The molecule has 0 fully saturated rings. The number of hydrogen-bond acceptors (Lipinski definition) is 2. The average Bonchev–Trinajstić information content (AvgIpc) is 2.18. The van der Waals surface area contributed by atoms with E-state index in [0.717, 1.165) is 13.2 Å². The van der Waals surface area contributed by atoms with Crippen LogP contribution in [0.1, 0.15) is 24.2 Å². The van der Waals surface area contributed by atoms with Gasteiger partial charge in [-0.3, -0.25) is 0 Å². The van der Waals surface area contributed by atoms with Crippen molar-refractivity contribution >= 4 is 0 Å². The summed E-state index contributed by atoms with van der Waals surface area (Å²) >= 11 is 0. The average molecular weight is 193 g/mol. The zero-order chi connectivity index (χ0) is 10.4. The van der Waals surface area contributed by atoms with Crippen molar-refractivity contribution < 1.29 is 4.74 Å². The summed E-state index contributed by atoms with van der Waals surface area (Å²) in [5.74, 6) is 0. The van der Waals surface area contributed by atoms with Gasteiger partial charge in [0.05, 0.1) is 6.10 Å². The van der Waals surface area contributed by atoms with E-state index in [2.05, 4.69) is 36.5 Å². The van der Waals surface area contributed by atoms with E-state index in [4.69, 9.17) is 4.74 Å². The van der Waals surface area contributed by atoms with Gasteiger partial charge in [0.15, 0.2) is 0 Å². The second-order valence-electron chi connectivity index (χ2n) is 3.36. The highest BCUT2D eigenvalue weighted by Gasteiger charge is 2.11. The lowest BCUT2D eigenvalue weighted by Gasteiger charge is -2.18. The lowest BCUT2D eigenvalue weighted by atomic mass is 10.0. The Bertz CT molecular complexity index is 267. The minimum atomic E-state index is 0.172. The highest BCUT2D eigenvalue weighted by atomic mass is 16.5. The fraction of sp³-hybridized carbons (Fsp3) is 0.500. The fourth-order valence-electron chi connectivity index (χ4n) is 1.59. The van der Waals surface area contributed by atoms with Gasteiger partial charge < -0.3 is 10.1 Å². The van der Waals surface area contributed by atoms with Crippen molar-refractivity contribution in [2.75, 3.05) is 20.2 Å². The van der Waals surface area contributed by atoms with E-state index in [1.165, 1.54) is 11.1 Å². The van der Waals surface area contributed by atoms with Gasteiger partial charge in [0.1, 0.15) is 0 Å². The summed E-state index contributed by atoms with van der Waals surface area (Å²) in [5, 5.41) is 3.15. The van der Waals surface area contributed by atoms with Crippen molar-refractivity contribution in [3.05, 3.63) is 35.4 Å². The van der Waals surface area contributed by atoms with Gasteiger partial charge in [-0.2, -0.15) is 0 Å². The molecule has 0 bridgehead atoms. The van der Waals surface area contributed by atoms with Crippen molar-refractivity contribution in [3.8, 4) is 0 Å². The lowest BCUT2D eigenvalue weighted by molar-refractivity contribution is 0.0634. The summed E-state index contributed by atoms with van der Waals surface area (Å²) in [6.45, 7) is 5.76. The van der Waals surface area contributed by atoms with E-state index in [-0.39, 0.29) is 6.10 Å². The molecule has 0 saturated carbocycles. The van der Waals surface area contributed by atoms with Crippen LogP contribution in [0.4, 0.5) is 0 Å². The van der Waals surface area contributed by atoms with Crippen molar-refractivity contribution in [2.45, 2.75) is 20.0 Å². The Balaban J connectivity index is 2.81. The van der Waals surface area contributed by atoms with Crippen LogP contribution in [-0.4, -0.2) is 20.2 Å². The molecule has 1 aromatic rings. The van der Waals surface area contributed by atoms with Gasteiger partial charge >= 0.3 is 0 Å². The molecule has 0 amide bonds. The summed E-state index contributed by atoms with van der Waals surface area (Å²) < 4.78 is 5.69. The van der Waals surface area contributed by atoms with E-state index in [0.29, 0.717) is 0 Å². The first kappa shape index (κ1) is 11.2. The molecule has 14 heavy (non-hydrogen) atoms. The minimum Gasteiger partial charge on any atom is -0.372 e. The van der Waals surface area contributed by atoms with Crippen LogP contribution >= 0.6 is 0 Å². The van der Waals surface area contributed by atoms with Crippen LogP contribution in [0.15, 0.2) is 24.3 Å². The van der Waals surface area contributed by atoms with Crippen LogP contribution in [-0.2, 0) is 4.74 Å². The predicted octanol–water partition coefficient (Wildman–Crippen LogP) is 2.29. The van der Waals surface area contributed by atoms with Crippen LogP contribution in [0.3, 0.4) is 0 Å². The minimum absolute atomic E-state index is 0.172. The number of nitrogens with one attached hydrogen (secondary N) is 1. The fourth-order valence-corrected chi connectivity index (χ4v) is 1.59. The number of hydrogen-bond donors (Lipinski definition) is 1. The van der Waals surface area contributed by atoms with Crippen molar-refractivity contribution in [3.63, 3.8) is 0 Å². The zero-order valence-electron chi connectivity index (χ0n) is 9.21. The molecule has 2 heteroatoms. The van der Waals surface area contributed by atoms with Crippen LogP contribution in [0.2, 0.25) is 0 Å². The highest BCUT2D eigenvalue weighted by molar-refractivity contribution is 5.28. The van der Waals surface area contributed by atoms with E-state index >= 15 is 0 Å². The highest BCUT2D eigenvalue weighted by Crippen LogP contribution is 2.19. The van der Waals surface area contributed by atoms with Gasteiger partial charge in [0, 0.05) is 13.2 Å². The van der Waals surface area contributed by atoms with E-state index < -0.39 is 0 Å². The Morgan fingerprint density at radius 2 is 2.07 bits per heavy atom. The summed E-state index contributed by atoms with van der Waals surface area (Å²) in [6, 6.07) is 8.37. The van der Waals surface area contributed by atoms with Gasteiger partial charge in [-0.05, 0) is 32.0 Å². The second-order valence-corrected chi connectivity index (χ2v) is 3.36. The van der Waals surface area contributed by atoms with Gasteiger partial charge in [-0.15, -0.1) is 0 Å². The summed E-state index contributed by atoms with van der Waals surface area (Å²) in [7, 11) is 1.95. The Morgan fingerprint density at radius 3 is 2.64 bits per heavy atom. The van der Waals surface area contributed by atoms with Crippen LogP contribution in [0, 0.1) is 6.92 Å². The Morgan fingerprint density at radius 1 is 1.36 bits per heavy atom. The predicted molar refractivity (Wildman–Crippen MR) is 59.5 cm³/mol. The normalized spacial score (nSPS) is 12.8. The molecule has 0 spiro atoms. The Kier molecular flexibility index (Phi) is 4.63. The monoisotopic (exact) mass is 193 g/mol. The van der Waals surface area contributed by atoms with Gasteiger partial charge in [-0.25, -0.2) is 0 Å². The third-order valence-corrected chi connectivity index (χ3v) is 2.29. The van der Waals surface area contributed by atoms with Gasteiger partial charge in [0.25, 0.3) is 0 Å². The van der Waals surface area contributed by atoms with Gasteiger partial charge in [0.2, 0.25) is 0 Å². The summed E-state index contributed by atoms with van der Waals surface area (Å²) in [4.78, 5) is 0. The number of aryl methyl sites for hydroxylation is 1. The summed E-state index contributed by atoms with van der Waals surface area (Å²) in [5.41, 5.74) is 2.57. The smallest absolute Gasteiger partial charge is 0.0951 e. The third-order valence-electron chi connectivity index (χ3n) is 2.29. The van der Waals surface area contributed by atoms with Crippen molar-refractivity contribution in [1.29, 1.82) is 0 Å². The lowest BCUT2D eigenvalue weighted by Crippen LogP contribution is -2.20. The van der Waals surface area contributed by atoms with E-state index in [9.17, 15) is 0 Å². The molecule has 0 aliphatic carbocycles. The Hall–Kier alpha value is -0.860. The van der Waals surface area contributed by atoms with E-state index in [1.807, 2.05) is 14.0 Å². The SMILES string of the molecule is CCO[C@H](CNC)c1ccccc1C. The third kappa shape index (κ3) is 2.82. The van der Waals surface area contributed by atoms with E-state index in [1.54, 1.807) is 0 Å². The molecule has 1 N–H and O–H groups in total. The molecule has 1 atom stereocenters. The molecular formula is C12H19NO. The molecule has 0 aliphatic rings. The number of rotatable bonds is 5. The molecule has 1 rings (SSSR count). The maximum atomic E-state index is 5.69. The second kappa shape index (κ2) is 5.78. The standard InChI is InChI=1S/C12H19NO/c1-4-14-12(9-13-3)11-8-6-5-7-10(11)2/h5-8,12-13H,4,9H2,1-3H3/t12-/m1/s1. The summed E-state index contributed by atoms with van der Waals surface area (Å²) in [6.07, 6.45) is 0.172. The molecule has 0 saturated heterocycles. The van der Waals surface area contributed by atoms with Crippen molar-refractivity contribution in [1.82, 2.24) is 5.32 Å². The molecule has 0 unspecified atom stereocenters. The quantitative estimate of drug-likeness (QED) is 0.774. The number of benzene rings is 1. The molecule has 2 nitrogen and oxygen atoms in total. The maximum Gasteiger partial charge on any atom is 0.0951 e. The van der Waals surface area contributed by atoms with Gasteiger partial charge in [-0.1, -0.05) is 24.3 Å². The van der Waals surface area contributed by atoms with Crippen LogP contribution < -0.4 is 5.32 Å². The molecule has 0 radical (unpaired) electrons. The molecule has 0 aromatic heterocycles. The Labute approximate surface area is 86.3 Å². The first-order chi connectivity index (χ1) is 6.79. The zero-order valence-corrected chi connectivity index (χ0v) is 9.21. The molecule has 0 aliphatic heterocycles. The topological polar surface area (TPSA) is 21.3 Å². The first-order valence-electron chi connectivity index (χ1n) is 5.11. The number of likely N-dealkylation sites (N-methyl/N-ethyl adjacent to an activating group) is 1.